The van der Waals surface area contributed by atoms with Crippen molar-refractivity contribution in [3.63, 3.8) is 0 Å². The van der Waals surface area contributed by atoms with Gasteiger partial charge in [-0.05, 0) is 42.5 Å². The van der Waals surface area contributed by atoms with Crippen LogP contribution >= 0.6 is 0 Å². The Hall–Kier alpha value is -2.58. The molecule has 0 atom stereocenters. The van der Waals surface area contributed by atoms with Gasteiger partial charge >= 0.3 is 0 Å². The van der Waals surface area contributed by atoms with Gasteiger partial charge in [-0.15, -0.1) is 0 Å². The van der Waals surface area contributed by atoms with Crippen molar-refractivity contribution in [2.75, 3.05) is 18.4 Å². The van der Waals surface area contributed by atoms with Gasteiger partial charge in [0, 0.05) is 18.7 Å². The molecule has 0 heterocycles. The molecule has 3 N–H and O–H groups in total. The van der Waals surface area contributed by atoms with Gasteiger partial charge in [0.15, 0.2) is 0 Å². The van der Waals surface area contributed by atoms with E-state index in [1.54, 1.807) is 13.8 Å². The van der Waals surface area contributed by atoms with E-state index in [9.17, 15) is 23.4 Å². The minimum absolute atomic E-state index is 0.00805. The summed E-state index contributed by atoms with van der Waals surface area (Å²) in [7, 11) is -3.71. The van der Waals surface area contributed by atoms with Gasteiger partial charge in [-0.2, -0.15) is 4.31 Å². The zero-order valence-corrected chi connectivity index (χ0v) is 14.7. The van der Waals surface area contributed by atoms with E-state index < -0.39 is 15.9 Å². The highest BCUT2D eigenvalue weighted by Gasteiger charge is 2.23. The molecule has 0 aliphatic heterocycles. The number of nitrogens with one attached hydrogen (secondary N) is 1. The topological polar surface area (TPSA) is 107 Å². The van der Waals surface area contributed by atoms with Crippen molar-refractivity contribution in [2.24, 2.45) is 0 Å². The first kappa shape index (κ1) is 18.8. The van der Waals surface area contributed by atoms with Crippen LogP contribution in [0.15, 0.2) is 47.4 Å². The quantitative estimate of drug-likeness (QED) is 0.682. The average Bonchev–Trinajstić information content (AvgIpc) is 2.58. The molecule has 2 aromatic rings. The number of hydrogen-bond acceptors (Lipinski definition) is 5. The van der Waals surface area contributed by atoms with Crippen LogP contribution in [0.4, 0.5) is 5.69 Å². The Kier molecular flexibility index (Phi) is 5.66. The number of phenols is 2. The van der Waals surface area contributed by atoms with Crippen LogP contribution in [0, 0.1) is 0 Å². The molecule has 1 amide bonds. The van der Waals surface area contributed by atoms with Crippen molar-refractivity contribution in [1.29, 1.82) is 0 Å². The molecule has 2 rings (SSSR count). The lowest BCUT2D eigenvalue weighted by atomic mass is 10.2. The zero-order valence-electron chi connectivity index (χ0n) is 13.9. The monoisotopic (exact) mass is 364 g/mol. The fourth-order valence-corrected chi connectivity index (χ4v) is 3.78. The lowest BCUT2D eigenvalue weighted by Crippen LogP contribution is -2.30. The summed E-state index contributed by atoms with van der Waals surface area (Å²) < 4.78 is 26.4. The molecular weight excluding hydrogens is 344 g/mol. The molecule has 0 spiro atoms. The number of aromatic hydroxyl groups is 2. The fourth-order valence-electron chi connectivity index (χ4n) is 2.30. The Morgan fingerprint density at radius 2 is 1.64 bits per heavy atom. The predicted molar refractivity (Wildman–Crippen MR) is 94.3 cm³/mol. The van der Waals surface area contributed by atoms with Crippen molar-refractivity contribution in [1.82, 2.24) is 4.31 Å². The summed E-state index contributed by atoms with van der Waals surface area (Å²) in [6, 6.07) is 9.28. The van der Waals surface area contributed by atoms with Gasteiger partial charge in [-0.25, -0.2) is 8.42 Å². The van der Waals surface area contributed by atoms with Gasteiger partial charge in [-0.3, -0.25) is 4.79 Å². The number of nitrogens with zero attached hydrogens (tertiary/aromatic N) is 1. The van der Waals surface area contributed by atoms with Gasteiger partial charge in [0.05, 0.1) is 10.6 Å². The predicted octanol–water partition coefficient (Wildman–Crippen LogP) is 2.38. The van der Waals surface area contributed by atoms with Crippen LogP contribution in [0.5, 0.6) is 11.5 Å². The first-order valence-electron chi connectivity index (χ1n) is 7.73. The molecule has 0 saturated carbocycles. The summed E-state index contributed by atoms with van der Waals surface area (Å²) in [5, 5.41) is 21.7. The third-order valence-electron chi connectivity index (χ3n) is 3.69. The number of amides is 1. The second kappa shape index (κ2) is 7.54. The number of sulfonamides is 1. The second-order valence-electron chi connectivity index (χ2n) is 5.27. The van der Waals surface area contributed by atoms with E-state index in [4.69, 9.17) is 0 Å². The van der Waals surface area contributed by atoms with Crippen molar-refractivity contribution in [3.05, 3.63) is 48.0 Å². The standard InChI is InChI=1S/C17H20N2O5S/c1-3-19(4-2)25(23,24)14-9-10-16(21)15(11-14)18-17(22)12-5-7-13(20)8-6-12/h5-11,20-21H,3-4H2,1-2H3,(H,18,22). The molecule has 0 aliphatic rings. The molecule has 0 unspecified atom stereocenters. The Balaban J connectivity index is 2.33. The molecule has 2 aromatic carbocycles. The normalized spacial score (nSPS) is 11.5. The van der Waals surface area contributed by atoms with Crippen LogP contribution in [-0.2, 0) is 10.0 Å². The van der Waals surface area contributed by atoms with Crippen LogP contribution < -0.4 is 5.32 Å². The van der Waals surface area contributed by atoms with Crippen molar-refractivity contribution < 1.29 is 23.4 Å². The van der Waals surface area contributed by atoms with Crippen LogP contribution in [0.3, 0.4) is 0 Å². The third-order valence-corrected chi connectivity index (χ3v) is 5.73. The summed E-state index contributed by atoms with van der Waals surface area (Å²) in [5.41, 5.74) is 0.250. The lowest BCUT2D eigenvalue weighted by molar-refractivity contribution is 0.102. The van der Waals surface area contributed by atoms with E-state index in [2.05, 4.69) is 5.32 Å². The Bertz CT molecular complexity index is 859. The summed E-state index contributed by atoms with van der Waals surface area (Å²) >= 11 is 0. The zero-order chi connectivity index (χ0) is 18.6. The lowest BCUT2D eigenvalue weighted by Gasteiger charge is -2.19. The molecule has 0 aromatic heterocycles. The highest BCUT2D eigenvalue weighted by molar-refractivity contribution is 7.89. The fraction of sp³-hybridized carbons (Fsp3) is 0.235. The van der Waals surface area contributed by atoms with E-state index in [1.807, 2.05) is 0 Å². The van der Waals surface area contributed by atoms with Gasteiger partial charge in [0.25, 0.3) is 5.91 Å². The molecule has 0 bridgehead atoms. The van der Waals surface area contributed by atoms with E-state index >= 15 is 0 Å². The van der Waals surface area contributed by atoms with Crippen LogP contribution in [0.2, 0.25) is 0 Å². The van der Waals surface area contributed by atoms with Crippen molar-refractivity contribution in [2.45, 2.75) is 18.7 Å². The largest absolute Gasteiger partial charge is 0.508 e. The Morgan fingerprint density at radius 3 is 2.20 bits per heavy atom. The second-order valence-corrected chi connectivity index (χ2v) is 7.21. The highest BCUT2D eigenvalue weighted by atomic mass is 32.2. The summed E-state index contributed by atoms with van der Waals surface area (Å²) in [4.78, 5) is 12.2. The Labute approximate surface area is 146 Å². The summed E-state index contributed by atoms with van der Waals surface area (Å²) in [6.07, 6.45) is 0. The maximum atomic E-state index is 12.6. The highest BCUT2D eigenvalue weighted by Crippen LogP contribution is 2.28. The number of benzene rings is 2. The summed E-state index contributed by atoms with van der Waals surface area (Å²) in [6.45, 7) is 4.09. The molecule has 25 heavy (non-hydrogen) atoms. The van der Waals surface area contributed by atoms with Crippen molar-refractivity contribution >= 4 is 21.6 Å². The average molecular weight is 364 g/mol. The Morgan fingerprint density at radius 1 is 1.04 bits per heavy atom. The smallest absolute Gasteiger partial charge is 0.255 e. The number of carbonyl (C=O) groups is 1. The molecular formula is C17H20N2O5S. The molecule has 7 nitrogen and oxygen atoms in total. The van der Waals surface area contributed by atoms with Crippen LogP contribution in [0.25, 0.3) is 0 Å². The van der Waals surface area contributed by atoms with Gasteiger partial charge in [-0.1, -0.05) is 13.8 Å². The van der Waals surface area contributed by atoms with Gasteiger partial charge in [0.2, 0.25) is 10.0 Å². The number of rotatable bonds is 6. The number of phenolic OH excluding ortho intramolecular Hbond substituents is 2. The molecule has 0 radical (unpaired) electrons. The van der Waals surface area contributed by atoms with E-state index in [-0.39, 0.29) is 27.6 Å². The minimum Gasteiger partial charge on any atom is -0.508 e. The maximum Gasteiger partial charge on any atom is 0.255 e. The maximum absolute atomic E-state index is 12.6. The van der Waals surface area contributed by atoms with Crippen LogP contribution in [-0.4, -0.2) is 41.9 Å². The van der Waals surface area contributed by atoms with E-state index in [1.165, 1.54) is 46.8 Å². The van der Waals surface area contributed by atoms with Gasteiger partial charge in [0.1, 0.15) is 11.5 Å². The molecule has 134 valence electrons. The van der Waals surface area contributed by atoms with Crippen LogP contribution in [0.1, 0.15) is 24.2 Å². The molecule has 0 fully saturated rings. The SMILES string of the molecule is CCN(CC)S(=O)(=O)c1ccc(O)c(NC(=O)c2ccc(O)cc2)c1. The first-order valence-corrected chi connectivity index (χ1v) is 9.17. The summed E-state index contributed by atoms with van der Waals surface area (Å²) in [5.74, 6) is -0.759. The van der Waals surface area contributed by atoms with Gasteiger partial charge < -0.3 is 15.5 Å². The third kappa shape index (κ3) is 4.09. The molecule has 0 aliphatic carbocycles. The molecule has 0 saturated heterocycles. The number of anilines is 1. The minimum atomic E-state index is -3.71. The van der Waals surface area contributed by atoms with E-state index in [0.29, 0.717) is 13.1 Å². The van der Waals surface area contributed by atoms with Crippen molar-refractivity contribution in [3.8, 4) is 11.5 Å². The van der Waals surface area contributed by atoms with E-state index in [0.717, 1.165) is 0 Å². The first-order chi connectivity index (χ1) is 11.8. The number of carbonyl (C=O) groups excluding carboxylic acids is 1. The number of hydrogen-bond donors (Lipinski definition) is 3. The molecule has 8 heteroatoms.